The average molecular weight is 292 g/mol. The molecule has 1 aliphatic heterocycles. The van der Waals surface area contributed by atoms with E-state index in [2.05, 4.69) is 5.16 Å². The van der Waals surface area contributed by atoms with Gasteiger partial charge in [-0.1, -0.05) is 11.2 Å². The molecule has 7 heteroatoms. The third-order valence-corrected chi connectivity index (χ3v) is 4.18. The fraction of sp³-hybridized carbons (Fsp3) is 0.308. The van der Waals surface area contributed by atoms with Crippen molar-refractivity contribution in [3.05, 3.63) is 29.3 Å². The minimum absolute atomic E-state index is 0.154. The van der Waals surface area contributed by atoms with E-state index in [-0.39, 0.29) is 11.6 Å². The van der Waals surface area contributed by atoms with Gasteiger partial charge in [-0.15, -0.1) is 11.3 Å². The van der Waals surface area contributed by atoms with Gasteiger partial charge in [-0.2, -0.15) is 0 Å². The van der Waals surface area contributed by atoms with Crippen LogP contribution >= 0.6 is 11.3 Å². The SMILES string of the molecule is O=C(O)[C@H]1CCCN1C(=O)c1cc(-c2cccs2)on1. The van der Waals surface area contributed by atoms with Crippen LogP contribution in [0.4, 0.5) is 0 Å². The van der Waals surface area contributed by atoms with E-state index in [1.54, 1.807) is 6.07 Å². The van der Waals surface area contributed by atoms with Gasteiger partial charge in [0.2, 0.25) is 0 Å². The van der Waals surface area contributed by atoms with E-state index in [0.29, 0.717) is 25.1 Å². The molecule has 0 bridgehead atoms. The van der Waals surface area contributed by atoms with E-state index < -0.39 is 12.0 Å². The fourth-order valence-corrected chi connectivity index (χ4v) is 3.00. The smallest absolute Gasteiger partial charge is 0.326 e. The molecule has 1 amide bonds. The van der Waals surface area contributed by atoms with Crippen LogP contribution in [0.25, 0.3) is 10.6 Å². The first kappa shape index (κ1) is 12.9. The van der Waals surface area contributed by atoms with E-state index in [4.69, 9.17) is 9.63 Å². The Balaban J connectivity index is 1.83. The maximum Gasteiger partial charge on any atom is 0.326 e. The molecule has 20 heavy (non-hydrogen) atoms. The second kappa shape index (κ2) is 5.09. The number of hydrogen-bond acceptors (Lipinski definition) is 5. The molecule has 1 atom stereocenters. The number of carboxylic acid groups (broad SMARTS) is 1. The molecular formula is C13H12N2O4S. The number of aliphatic carboxylic acids is 1. The lowest BCUT2D eigenvalue weighted by atomic mass is 10.2. The van der Waals surface area contributed by atoms with E-state index in [9.17, 15) is 9.59 Å². The van der Waals surface area contributed by atoms with Crippen LogP contribution in [-0.2, 0) is 4.79 Å². The van der Waals surface area contributed by atoms with Gasteiger partial charge in [-0.3, -0.25) is 4.79 Å². The van der Waals surface area contributed by atoms with E-state index in [0.717, 1.165) is 4.88 Å². The number of thiophene rings is 1. The van der Waals surface area contributed by atoms with Crippen molar-refractivity contribution in [2.45, 2.75) is 18.9 Å². The molecule has 0 aliphatic carbocycles. The third kappa shape index (κ3) is 2.20. The molecule has 2 aromatic rings. The van der Waals surface area contributed by atoms with Crippen molar-refractivity contribution in [2.24, 2.45) is 0 Å². The van der Waals surface area contributed by atoms with Crippen LogP contribution in [-0.4, -0.2) is 39.6 Å². The third-order valence-electron chi connectivity index (χ3n) is 3.29. The fourth-order valence-electron chi connectivity index (χ4n) is 2.32. The largest absolute Gasteiger partial charge is 0.480 e. The summed E-state index contributed by atoms with van der Waals surface area (Å²) in [4.78, 5) is 25.6. The van der Waals surface area contributed by atoms with Crippen molar-refractivity contribution in [3.63, 3.8) is 0 Å². The lowest BCUT2D eigenvalue weighted by Gasteiger charge is -2.19. The molecule has 0 unspecified atom stereocenters. The quantitative estimate of drug-likeness (QED) is 0.936. The Morgan fingerprint density at radius 2 is 2.35 bits per heavy atom. The summed E-state index contributed by atoms with van der Waals surface area (Å²) in [5.41, 5.74) is 0.154. The first-order chi connectivity index (χ1) is 9.66. The molecule has 104 valence electrons. The number of carbonyl (C=O) groups excluding carboxylic acids is 1. The van der Waals surface area contributed by atoms with Crippen molar-refractivity contribution < 1.29 is 19.2 Å². The number of carboxylic acids is 1. The highest BCUT2D eigenvalue weighted by atomic mass is 32.1. The van der Waals surface area contributed by atoms with Crippen molar-refractivity contribution in [3.8, 4) is 10.6 Å². The van der Waals surface area contributed by atoms with Crippen LogP contribution < -0.4 is 0 Å². The molecular weight excluding hydrogens is 280 g/mol. The summed E-state index contributed by atoms with van der Waals surface area (Å²) in [6.07, 6.45) is 1.18. The molecule has 0 saturated carbocycles. The summed E-state index contributed by atoms with van der Waals surface area (Å²) in [5, 5.41) is 14.8. The average Bonchev–Trinajstić information content (AvgIpc) is 3.17. The molecule has 0 aromatic carbocycles. The van der Waals surface area contributed by atoms with Gasteiger partial charge in [0.05, 0.1) is 4.88 Å². The summed E-state index contributed by atoms with van der Waals surface area (Å²) < 4.78 is 5.15. The van der Waals surface area contributed by atoms with E-state index in [1.807, 2.05) is 17.5 Å². The number of rotatable bonds is 3. The Hall–Kier alpha value is -2.15. The van der Waals surface area contributed by atoms with Gasteiger partial charge >= 0.3 is 5.97 Å². The molecule has 1 aliphatic rings. The zero-order valence-corrected chi connectivity index (χ0v) is 11.3. The Morgan fingerprint density at radius 3 is 3.05 bits per heavy atom. The van der Waals surface area contributed by atoms with Crippen LogP contribution in [0.3, 0.4) is 0 Å². The van der Waals surface area contributed by atoms with Gasteiger partial charge in [0.1, 0.15) is 6.04 Å². The maximum absolute atomic E-state index is 12.3. The highest BCUT2D eigenvalue weighted by molar-refractivity contribution is 7.13. The lowest BCUT2D eigenvalue weighted by molar-refractivity contribution is -0.141. The van der Waals surface area contributed by atoms with Crippen LogP contribution in [0.2, 0.25) is 0 Å². The number of amides is 1. The van der Waals surface area contributed by atoms with Crippen LogP contribution in [0.5, 0.6) is 0 Å². The number of likely N-dealkylation sites (tertiary alicyclic amines) is 1. The second-order valence-corrected chi connectivity index (χ2v) is 5.50. The number of carbonyl (C=O) groups is 2. The topological polar surface area (TPSA) is 83.6 Å². The highest BCUT2D eigenvalue weighted by Gasteiger charge is 2.35. The summed E-state index contributed by atoms with van der Waals surface area (Å²) >= 11 is 1.49. The van der Waals surface area contributed by atoms with Gasteiger partial charge in [0.25, 0.3) is 5.91 Å². The van der Waals surface area contributed by atoms with Crippen LogP contribution in [0, 0.1) is 0 Å². The molecule has 1 N–H and O–H groups in total. The minimum Gasteiger partial charge on any atom is -0.480 e. The predicted octanol–water partition coefficient (Wildman–Crippen LogP) is 2.09. The van der Waals surface area contributed by atoms with E-state index >= 15 is 0 Å². The normalized spacial score (nSPS) is 18.4. The molecule has 6 nitrogen and oxygen atoms in total. The first-order valence-electron chi connectivity index (χ1n) is 6.21. The maximum atomic E-state index is 12.3. The Bertz CT molecular complexity index is 635. The molecule has 1 saturated heterocycles. The zero-order valence-electron chi connectivity index (χ0n) is 10.5. The lowest BCUT2D eigenvalue weighted by Crippen LogP contribution is -2.40. The Morgan fingerprint density at radius 1 is 1.50 bits per heavy atom. The van der Waals surface area contributed by atoms with Gasteiger partial charge in [-0.05, 0) is 24.3 Å². The first-order valence-corrected chi connectivity index (χ1v) is 7.09. The summed E-state index contributed by atoms with van der Waals surface area (Å²) in [7, 11) is 0. The number of hydrogen-bond donors (Lipinski definition) is 1. The number of aromatic nitrogens is 1. The minimum atomic E-state index is -0.974. The molecule has 1 fully saturated rings. The Kier molecular flexibility index (Phi) is 3.27. The molecule has 2 aromatic heterocycles. The van der Waals surface area contributed by atoms with Gasteiger partial charge in [0.15, 0.2) is 11.5 Å². The summed E-state index contributed by atoms with van der Waals surface area (Å²) in [5.74, 6) is -0.839. The molecule has 3 heterocycles. The van der Waals surface area contributed by atoms with Crippen LogP contribution in [0.1, 0.15) is 23.3 Å². The second-order valence-electron chi connectivity index (χ2n) is 4.55. The van der Waals surface area contributed by atoms with Crippen molar-refractivity contribution >= 4 is 23.2 Å². The van der Waals surface area contributed by atoms with Crippen molar-refractivity contribution in [1.82, 2.24) is 10.1 Å². The predicted molar refractivity (Wildman–Crippen MR) is 71.5 cm³/mol. The van der Waals surface area contributed by atoms with E-state index in [1.165, 1.54) is 16.2 Å². The zero-order chi connectivity index (χ0) is 14.1. The molecule has 0 radical (unpaired) electrons. The highest BCUT2D eigenvalue weighted by Crippen LogP contribution is 2.26. The Labute approximate surface area is 118 Å². The monoisotopic (exact) mass is 292 g/mol. The van der Waals surface area contributed by atoms with Gasteiger partial charge < -0.3 is 14.5 Å². The number of nitrogens with zero attached hydrogens (tertiary/aromatic N) is 2. The summed E-state index contributed by atoms with van der Waals surface area (Å²) in [6, 6.07) is 4.55. The van der Waals surface area contributed by atoms with Crippen molar-refractivity contribution in [1.29, 1.82) is 0 Å². The summed E-state index contributed by atoms with van der Waals surface area (Å²) in [6.45, 7) is 0.441. The van der Waals surface area contributed by atoms with Crippen molar-refractivity contribution in [2.75, 3.05) is 6.54 Å². The van der Waals surface area contributed by atoms with Gasteiger partial charge in [0, 0.05) is 12.6 Å². The van der Waals surface area contributed by atoms with Gasteiger partial charge in [-0.25, -0.2) is 4.79 Å². The molecule has 3 rings (SSSR count). The van der Waals surface area contributed by atoms with Crippen LogP contribution in [0.15, 0.2) is 28.1 Å². The molecule has 0 spiro atoms. The standard InChI is InChI=1S/C13H12N2O4S/c16-12(15-5-1-3-9(15)13(17)18)8-7-10(19-14-8)11-4-2-6-20-11/h2,4,6-7,9H,1,3,5H2,(H,17,18)/t9-/m1/s1.